The monoisotopic (exact) mass is 468 g/mol. The number of amides is 1. The van der Waals surface area contributed by atoms with Crippen LogP contribution in [0.3, 0.4) is 0 Å². The van der Waals surface area contributed by atoms with Crippen molar-refractivity contribution in [2.75, 3.05) is 46.0 Å². The van der Waals surface area contributed by atoms with Gasteiger partial charge in [0.2, 0.25) is 0 Å². The van der Waals surface area contributed by atoms with Crippen molar-refractivity contribution >= 4 is 17.4 Å². The van der Waals surface area contributed by atoms with Crippen LogP contribution in [0.1, 0.15) is 30.5 Å². The van der Waals surface area contributed by atoms with Crippen LogP contribution in [-0.4, -0.2) is 72.6 Å². The summed E-state index contributed by atoms with van der Waals surface area (Å²) in [5, 5.41) is 11.1. The molecule has 0 aliphatic carbocycles. The Morgan fingerprint density at radius 2 is 1.85 bits per heavy atom. The first-order valence-corrected chi connectivity index (χ1v) is 11.6. The zero-order valence-corrected chi connectivity index (χ0v) is 19.2. The number of hydrogen-bond acceptors (Lipinski definition) is 6. The maximum absolute atomic E-state index is 13.4. The molecule has 8 heteroatoms. The standard InChI is InChI=1S/C26H29FN2O5/c1-2-14-34-21-5-3-4-19(17-21)23-22(24(30)18-6-8-20(27)9-7-18)25(31)26(32)29(23)11-10-28-12-15-33-16-13-28/h3-9,17,23,30H,2,10-16H2,1H3/b24-22+. The molecule has 2 aromatic rings. The van der Waals surface area contributed by atoms with Crippen molar-refractivity contribution in [2.24, 2.45) is 0 Å². The molecular weight excluding hydrogens is 439 g/mol. The number of nitrogens with zero attached hydrogens (tertiary/aromatic N) is 2. The third-order valence-corrected chi connectivity index (χ3v) is 6.07. The maximum Gasteiger partial charge on any atom is 0.295 e. The van der Waals surface area contributed by atoms with Crippen LogP contribution in [-0.2, 0) is 14.3 Å². The first kappa shape index (κ1) is 23.9. The summed E-state index contributed by atoms with van der Waals surface area (Å²) >= 11 is 0. The molecule has 7 nitrogen and oxygen atoms in total. The van der Waals surface area contributed by atoms with Crippen LogP contribution in [0.4, 0.5) is 4.39 Å². The van der Waals surface area contributed by atoms with Crippen molar-refractivity contribution in [1.29, 1.82) is 0 Å². The molecule has 4 rings (SSSR count). The number of benzene rings is 2. The van der Waals surface area contributed by atoms with E-state index in [9.17, 15) is 19.1 Å². The highest BCUT2D eigenvalue weighted by Crippen LogP contribution is 2.40. The number of aliphatic hydroxyl groups excluding tert-OH is 1. The quantitative estimate of drug-likeness (QED) is 0.364. The summed E-state index contributed by atoms with van der Waals surface area (Å²) in [6.45, 7) is 6.20. The Kier molecular flexibility index (Phi) is 7.59. The molecule has 0 saturated carbocycles. The average Bonchev–Trinajstić information content (AvgIpc) is 3.12. The molecule has 0 bridgehead atoms. The first-order chi connectivity index (χ1) is 16.5. The summed E-state index contributed by atoms with van der Waals surface area (Å²) in [5.41, 5.74) is 0.931. The number of carbonyl (C=O) groups excluding carboxylic acids is 2. The van der Waals surface area contributed by atoms with E-state index >= 15 is 0 Å². The van der Waals surface area contributed by atoms with Gasteiger partial charge in [-0.25, -0.2) is 4.39 Å². The Morgan fingerprint density at radius 1 is 1.12 bits per heavy atom. The summed E-state index contributed by atoms with van der Waals surface area (Å²) < 4.78 is 24.6. The highest BCUT2D eigenvalue weighted by Gasteiger charge is 2.46. The third kappa shape index (κ3) is 5.13. The van der Waals surface area contributed by atoms with Crippen LogP contribution in [0.5, 0.6) is 5.75 Å². The minimum Gasteiger partial charge on any atom is -0.507 e. The fourth-order valence-corrected chi connectivity index (χ4v) is 4.29. The van der Waals surface area contributed by atoms with Gasteiger partial charge >= 0.3 is 0 Å². The van der Waals surface area contributed by atoms with E-state index in [0.717, 1.165) is 19.5 Å². The van der Waals surface area contributed by atoms with Crippen LogP contribution in [0, 0.1) is 5.82 Å². The SMILES string of the molecule is CCCOc1cccc(C2/C(=C(\O)c3ccc(F)cc3)C(=O)C(=O)N2CCN2CCOCC2)c1. The third-order valence-electron chi connectivity index (χ3n) is 6.07. The molecular formula is C26H29FN2O5. The number of hydrogen-bond donors (Lipinski definition) is 1. The predicted octanol–water partition coefficient (Wildman–Crippen LogP) is 3.37. The second-order valence-corrected chi connectivity index (χ2v) is 8.37. The van der Waals surface area contributed by atoms with Crippen molar-refractivity contribution in [3.05, 3.63) is 71.0 Å². The van der Waals surface area contributed by atoms with E-state index < -0.39 is 23.5 Å². The number of carbonyl (C=O) groups is 2. The largest absolute Gasteiger partial charge is 0.507 e. The number of likely N-dealkylation sites (tertiary alicyclic amines) is 1. The number of rotatable bonds is 8. The van der Waals surface area contributed by atoms with Gasteiger partial charge in [-0.3, -0.25) is 14.5 Å². The molecule has 2 fully saturated rings. The molecule has 1 atom stereocenters. The lowest BCUT2D eigenvalue weighted by Crippen LogP contribution is -2.42. The van der Waals surface area contributed by atoms with Crippen molar-refractivity contribution in [2.45, 2.75) is 19.4 Å². The summed E-state index contributed by atoms with van der Waals surface area (Å²) in [4.78, 5) is 29.9. The number of ketones is 1. The van der Waals surface area contributed by atoms with Crippen LogP contribution in [0.25, 0.3) is 5.76 Å². The smallest absolute Gasteiger partial charge is 0.295 e. The summed E-state index contributed by atoms with van der Waals surface area (Å²) in [5.74, 6) is -1.58. The molecule has 2 saturated heterocycles. The number of aliphatic hydroxyl groups is 1. The van der Waals surface area contributed by atoms with Crippen LogP contribution in [0.15, 0.2) is 54.1 Å². The Bertz CT molecular complexity index is 1060. The van der Waals surface area contributed by atoms with Crippen molar-refractivity contribution in [1.82, 2.24) is 9.80 Å². The van der Waals surface area contributed by atoms with Gasteiger partial charge < -0.3 is 19.5 Å². The molecule has 1 unspecified atom stereocenters. The molecule has 34 heavy (non-hydrogen) atoms. The van der Waals surface area contributed by atoms with E-state index in [1.807, 2.05) is 19.1 Å². The predicted molar refractivity (Wildman–Crippen MR) is 125 cm³/mol. The Labute approximate surface area is 198 Å². The van der Waals surface area contributed by atoms with E-state index in [4.69, 9.17) is 9.47 Å². The molecule has 2 aromatic carbocycles. The highest BCUT2D eigenvalue weighted by molar-refractivity contribution is 6.46. The van der Waals surface area contributed by atoms with Gasteiger partial charge in [-0.05, 0) is 48.4 Å². The molecule has 1 amide bonds. The Hall–Kier alpha value is -3.23. The summed E-state index contributed by atoms with van der Waals surface area (Å²) in [6.07, 6.45) is 0.840. The minimum atomic E-state index is -0.781. The van der Waals surface area contributed by atoms with Gasteiger partial charge in [0, 0.05) is 31.7 Å². The molecule has 0 aromatic heterocycles. The molecule has 2 aliphatic heterocycles. The zero-order valence-electron chi connectivity index (χ0n) is 19.2. The van der Waals surface area contributed by atoms with Crippen LogP contribution < -0.4 is 4.74 Å². The summed E-state index contributed by atoms with van der Waals surface area (Å²) in [6, 6.07) is 11.7. The van der Waals surface area contributed by atoms with Gasteiger partial charge in [0.25, 0.3) is 11.7 Å². The molecule has 0 spiro atoms. The van der Waals surface area contributed by atoms with Gasteiger partial charge in [-0.2, -0.15) is 0 Å². The second-order valence-electron chi connectivity index (χ2n) is 8.37. The zero-order chi connectivity index (χ0) is 24.1. The Morgan fingerprint density at radius 3 is 2.56 bits per heavy atom. The molecule has 0 radical (unpaired) electrons. The van der Waals surface area contributed by atoms with Gasteiger partial charge in [0.15, 0.2) is 0 Å². The molecule has 2 heterocycles. The second kappa shape index (κ2) is 10.8. The Balaban J connectivity index is 1.73. The van der Waals surface area contributed by atoms with Gasteiger partial charge in [0.1, 0.15) is 17.3 Å². The fraction of sp³-hybridized carbons (Fsp3) is 0.385. The molecule has 2 aliphatic rings. The molecule has 1 N–H and O–H groups in total. The maximum atomic E-state index is 13.4. The number of halogens is 1. The highest BCUT2D eigenvalue weighted by atomic mass is 19.1. The lowest BCUT2D eigenvalue weighted by Gasteiger charge is -2.31. The lowest BCUT2D eigenvalue weighted by atomic mass is 9.95. The average molecular weight is 469 g/mol. The fourth-order valence-electron chi connectivity index (χ4n) is 4.29. The van der Waals surface area contributed by atoms with Gasteiger partial charge in [-0.15, -0.1) is 0 Å². The summed E-state index contributed by atoms with van der Waals surface area (Å²) in [7, 11) is 0. The van der Waals surface area contributed by atoms with Crippen molar-refractivity contribution in [3.8, 4) is 5.75 Å². The topological polar surface area (TPSA) is 79.3 Å². The normalized spacial score (nSPS) is 20.6. The van der Waals surface area contributed by atoms with E-state index in [-0.39, 0.29) is 16.9 Å². The van der Waals surface area contributed by atoms with E-state index in [0.29, 0.717) is 44.2 Å². The number of morpholine rings is 1. The molecule has 180 valence electrons. The van der Waals surface area contributed by atoms with Gasteiger partial charge in [0.05, 0.1) is 31.4 Å². The van der Waals surface area contributed by atoms with E-state index in [1.165, 1.54) is 29.2 Å². The number of Topliss-reactive ketones (excluding diaryl/α,β-unsaturated/α-hetero) is 1. The lowest BCUT2D eigenvalue weighted by molar-refractivity contribution is -0.140. The van der Waals surface area contributed by atoms with Gasteiger partial charge in [-0.1, -0.05) is 19.1 Å². The van der Waals surface area contributed by atoms with Crippen molar-refractivity contribution in [3.63, 3.8) is 0 Å². The number of ether oxygens (including phenoxy) is 2. The van der Waals surface area contributed by atoms with Crippen LogP contribution >= 0.6 is 0 Å². The van der Waals surface area contributed by atoms with E-state index in [1.54, 1.807) is 12.1 Å². The van der Waals surface area contributed by atoms with Crippen LogP contribution in [0.2, 0.25) is 0 Å². The minimum absolute atomic E-state index is 0.00812. The van der Waals surface area contributed by atoms with E-state index in [2.05, 4.69) is 4.90 Å². The first-order valence-electron chi connectivity index (χ1n) is 11.6. The van der Waals surface area contributed by atoms with Crippen molar-refractivity contribution < 1.29 is 28.6 Å².